The van der Waals surface area contributed by atoms with E-state index in [0.29, 0.717) is 0 Å². The van der Waals surface area contributed by atoms with Crippen LogP contribution < -0.4 is 0 Å². The Morgan fingerprint density at radius 2 is 2.42 bits per heavy atom. The third kappa shape index (κ3) is 2.48. The van der Waals surface area contributed by atoms with Gasteiger partial charge in [0.2, 0.25) is 0 Å². The summed E-state index contributed by atoms with van der Waals surface area (Å²) in [5.41, 5.74) is 1.11. The van der Waals surface area contributed by atoms with E-state index in [1.54, 1.807) is 0 Å². The normalized spacial score (nSPS) is 24.6. The Morgan fingerprint density at radius 3 is 2.92 bits per heavy atom. The van der Waals surface area contributed by atoms with Gasteiger partial charge in [-0.05, 0) is 26.7 Å². The highest BCUT2D eigenvalue weighted by Crippen LogP contribution is 2.13. The van der Waals surface area contributed by atoms with Crippen LogP contribution in [0.4, 0.5) is 0 Å². The average Bonchev–Trinajstić information content (AvgIpc) is 2.56. The molecule has 1 aliphatic rings. The lowest BCUT2D eigenvalue weighted by molar-refractivity contribution is 0.156. The van der Waals surface area contributed by atoms with E-state index in [-0.39, 0.29) is 6.10 Å². The maximum Gasteiger partial charge on any atom is 0.0971 e. The lowest BCUT2D eigenvalue weighted by Crippen LogP contribution is -2.21. The SMILES string of the molecule is CCN(C)/N=C(\C)C1CCCO1. The van der Waals surface area contributed by atoms with Gasteiger partial charge in [0.05, 0.1) is 11.8 Å². The second-order valence-electron chi connectivity index (χ2n) is 3.22. The van der Waals surface area contributed by atoms with E-state index in [2.05, 4.69) is 12.0 Å². The molecule has 0 saturated carbocycles. The van der Waals surface area contributed by atoms with Crippen molar-refractivity contribution in [3.63, 3.8) is 0 Å². The van der Waals surface area contributed by atoms with Crippen molar-refractivity contribution in [1.82, 2.24) is 5.01 Å². The Morgan fingerprint density at radius 1 is 1.67 bits per heavy atom. The minimum absolute atomic E-state index is 0.277. The van der Waals surface area contributed by atoms with E-state index in [9.17, 15) is 0 Å². The Hall–Kier alpha value is -0.570. The standard InChI is InChI=1S/C9H18N2O/c1-4-11(3)10-8(2)9-6-5-7-12-9/h9H,4-7H2,1-3H3/b10-8+. The monoisotopic (exact) mass is 170 g/mol. The molecule has 1 heterocycles. The summed E-state index contributed by atoms with van der Waals surface area (Å²) >= 11 is 0. The second kappa shape index (κ2) is 4.45. The Bertz CT molecular complexity index is 162. The van der Waals surface area contributed by atoms with Crippen molar-refractivity contribution in [2.24, 2.45) is 5.10 Å². The van der Waals surface area contributed by atoms with Crippen molar-refractivity contribution in [1.29, 1.82) is 0 Å². The van der Waals surface area contributed by atoms with E-state index >= 15 is 0 Å². The number of hydrogen-bond donors (Lipinski definition) is 0. The molecule has 0 aromatic heterocycles. The first-order chi connectivity index (χ1) is 5.74. The third-order valence-corrected chi connectivity index (χ3v) is 2.18. The van der Waals surface area contributed by atoms with Gasteiger partial charge in [-0.2, -0.15) is 5.10 Å². The van der Waals surface area contributed by atoms with Gasteiger partial charge in [0.1, 0.15) is 0 Å². The van der Waals surface area contributed by atoms with Crippen LogP contribution in [0.25, 0.3) is 0 Å². The molecule has 3 nitrogen and oxygen atoms in total. The minimum Gasteiger partial charge on any atom is -0.372 e. The minimum atomic E-state index is 0.277. The molecule has 3 heteroatoms. The Labute approximate surface area is 74.4 Å². The predicted molar refractivity (Wildman–Crippen MR) is 50.4 cm³/mol. The molecule has 0 N–H and O–H groups in total. The van der Waals surface area contributed by atoms with Crippen molar-refractivity contribution in [2.45, 2.75) is 32.8 Å². The first-order valence-electron chi connectivity index (χ1n) is 4.62. The van der Waals surface area contributed by atoms with Crippen LogP contribution >= 0.6 is 0 Å². The molecule has 0 aliphatic carbocycles. The fourth-order valence-electron chi connectivity index (χ4n) is 1.31. The molecule has 70 valence electrons. The van der Waals surface area contributed by atoms with E-state index in [4.69, 9.17) is 4.74 Å². The molecule has 0 amide bonds. The lowest BCUT2D eigenvalue weighted by Gasteiger charge is -2.14. The molecule has 0 aromatic carbocycles. The summed E-state index contributed by atoms with van der Waals surface area (Å²) in [4.78, 5) is 0. The van der Waals surface area contributed by atoms with E-state index in [1.807, 2.05) is 19.0 Å². The van der Waals surface area contributed by atoms with Gasteiger partial charge in [0.25, 0.3) is 0 Å². The van der Waals surface area contributed by atoms with Gasteiger partial charge >= 0.3 is 0 Å². The van der Waals surface area contributed by atoms with Gasteiger partial charge in [0.15, 0.2) is 0 Å². The van der Waals surface area contributed by atoms with E-state index < -0.39 is 0 Å². The summed E-state index contributed by atoms with van der Waals surface area (Å²) in [5.74, 6) is 0. The summed E-state index contributed by atoms with van der Waals surface area (Å²) in [6, 6.07) is 0. The summed E-state index contributed by atoms with van der Waals surface area (Å²) in [6.45, 7) is 5.98. The van der Waals surface area contributed by atoms with Crippen molar-refractivity contribution >= 4 is 5.71 Å². The highest BCUT2D eigenvalue weighted by atomic mass is 16.5. The number of ether oxygens (including phenoxy) is 1. The molecule has 1 saturated heterocycles. The highest BCUT2D eigenvalue weighted by molar-refractivity contribution is 5.86. The van der Waals surface area contributed by atoms with Crippen LogP contribution in [-0.4, -0.2) is 37.0 Å². The maximum atomic E-state index is 5.50. The lowest BCUT2D eigenvalue weighted by atomic mass is 10.2. The Kier molecular flexibility index (Phi) is 3.53. The second-order valence-corrected chi connectivity index (χ2v) is 3.22. The summed E-state index contributed by atoms with van der Waals surface area (Å²) < 4.78 is 5.50. The topological polar surface area (TPSA) is 24.8 Å². The summed E-state index contributed by atoms with van der Waals surface area (Å²) in [6.07, 6.45) is 2.58. The van der Waals surface area contributed by atoms with Gasteiger partial charge in [-0.15, -0.1) is 0 Å². The number of hydrogen-bond acceptors (Lipinski definition) is 3. The Balaban J connectivity index is 2.43. The van der Waals surface area contributed by atoms with Crippen LogP contribution in [0.5, 0.6) is 0 Å². The van der Waals surface area contributed by atoms with Crippen molar-refractivity contribution in [3.05, 3.63) is 0 Å². The van der Waals surface area contributed by atoms with Crippen molar-refractivity contribution in [2.75, 3.05) is 20.2 Å². The molecule has 1 rings (SSSR count). The number of nitrogens with zero attached hydrogens (tertiary/aromatic N) is 2. The van der Waals surface area contributed by atoms with Crippen LogP contribution in [-0.2, 0) is 4.74 Å². The zero-order valence-electron chi connectivity index (χ0n) is 8.21. The molecular weight excluding hydrogens is 152 g/mol. The van der Waals surface area contributed by atoms with Crippen LogP contribution in [0.15, 0.2) is 5.10 Å². The molecule has 0 aromatic rings. The van der Waals surface area contributed by atoms with Crippen molar-refractivity contribution < 1.29 is 4.74 Å². The van der Waals surface area contributed by atoms with Gasteiger partial charge in [-0.3, -0.25) is 0 Å². The molecule has 12 heavy (non-hydrogen) atoms. The molecule has 1 aliphatic heterocycles. The van der Waals surface area contributed by atoms with Crippen LogP contribution in [0, 0.1) is 0 Å². The average molecular weight is 170 g/mol. The van der Waals surface area contributed by atoms with Gasteiger partial charge in [0, 0.05) is 20.2 Å². The molecule has 0 bridgehead atoms. The van der Waals surface area contributed by atoms with E-state index in [1.165, 1.54) is 6.42 Å². The first-order valence-corrected chi connectivity index (χ1v) is 4.62. The largest absolute Gasteiger partial charge is 0.372 e. The molecule has 1 unspecified atom stereocenters. The number of rotatable bonds is 3. The van der Waals surface area contributed by atoms with Gasteiger partial charge < -0.3 is 9.75 Å². The number of hydrazone groups is 1. The quantitative estimate of drug-likeness (QED) is 0.473. The van der Waals surface area contributed by atoms with E-state index in [0.717, 1.165) is 25.3 Å². The molecule has 0 spiro atoms. The first kappa shape index (κ1) is 9.52. The van der Waals surface area contributed by atoms with Crippen LogP contribution in [0.1, 0.15) is 26.7 Å². The molecule has 0 radical (unpaired) electrons. The summed E-state index contributed by atoms with van der Waals surface area (Å²) in [5, 5.41) is 6.34. The van der Waals surface area contributed by atoms with Gasteiger partial charge in [-0.1, -0.05) is 0 Å². The zero-order chi connectivity index (χ0) is 8.97. The molecule has 1 atom stereocenters. The fraction of sp³-hybridized carbons (Fsp3) is 0.889. The molecule has 1 fully saturated rings. The van der Waals surface area contributed by atoms with Gasteiger partial charge in [-0.25, -0.2) is 0 Å². The van der Waals surface area contributed by atoms with Crippen molar-refractivity contribution in [3.8, 4) is 0 Å². The highest BCUT2D eigenvalue weighted by Gasteiger charge is 2.18. The zero-order valence-corrected chi connectivity index (χ0v) is 8.21. The smallest absolute Gasteiger partial charge is 0.0971 e. The predicted octanol–water partition coefficient (Wildman–Crippen LogP) is 1.49. The fourth-order valence-corrected chi connectivity index (χ4v) is 1.31. The van der Waals surface area contributed by atoms with Crippen LogP contribution in [0.2, 0.25) is 0 Å². The molecular formula is C9H18N2O. The third-order valence-electron chi connectivity index (χ3n) is 2.18. The maximum absolute atomic E-state index is 5.50. The van der Waals surface area contributed by atoms with Crippen LogP contribution in [0.3, 0.4) is 0 Å². The summed E-state index contributed by atoms with van der Waals surface area (Å²) in [7, 11) is 1.98.